The van der Waals surface area contributed by atoms with Crippen molar-refractivity contribution in [2.75, 3.05) is 11.4 Å². The summed E-state index contributed by atoms with van der Waals surface area (Å²) in [5.74, 6) is 0.371. The van der Waals surface area contributed by atoms with E-state index in [2.05, 4.69) is 15.8 Å². The first-order chi connectivity index (χ1) is 18.2. The maximum absolute atomic E-state index is 13.3. The van der Waals surface area contributed by atoms with Crippen molar-refractivity contribution in [2.45, 2.75) is 44.7 Å². The number of aromatic nitrogens is 2. The summed E-state index contributed by atoms with van der Waals surface area (Å²) in [4.78, 5) is 19.1. The molecule has 3 aromatic carbocycles. The summed E-state index contributed by atoms with van der Waals surface area (Å²) in [7, 11) is -3.82. The number of imidazole rings is 1. The first kappa shape index (κ1) is 27.0. The molecule has 0 saturated heterocycles. The SMILES string of the molecule is CCC(C)C(CNS(=O)(=O)c1ccc2ccccc2c1)N(C(C)=O)c1cncn1Cc1ccc(C#N)cc1. The highest BCUT2D eigenvalue weighted by molar-refractivity contribution is 7.89. The molecule has 0 saturated carbocycles. The number of nitrogens with one attached hydrogen (secondary N) is 1. The second kappa shape index (κ2) is 11.6. The summed E-state index contributed by atoms with van der Waals surface area (Å²) >= 11 is 0. The number of carbonyl (C=O) groups is 1. The third-order valence-electron chi connectivity index (χ3n) is 6.86. The maximum atomic E-state index is 13.3. The lowest BCUT2D eigenvalue weighted by Crippen LogP contribution is -2.50. The molecule has 2 unspecified atom stereocenters. The quantitative estimate of drug-likeness (QED) is 0.320. The average molecular weight is 530 g/mol. The Morgan fingerprint density at radius 1 is 1.11 bits per heavy atom. The predicted molar refractivity (Wildman–Crippen MR) is 148 cm³/mol. The van der Waals surface area contributed by atoms with Crippen LogP contribution in [0, 0.1) is 17.2 Å². The molecule has 0 aliphatic heterocycles. The Bertz CT molecular complexity index is 1570. The zero-order chi connectivity index (χ0) is 27.3. The number of carbonyl (C=O) groups excluding carboxylic acids is 1. The van der Waals surface area contributed by atoms with E-state index in [9.17, 15) is 13.2 Å². The molecule has 0 aliphatic carbocycles. The van der Waals surface area contributed by atoms with Gasteiger partial charge in [0.05, 0.1) is 41.6 Å². The minimum atomic E-state index is -3.82. The summed E-state index contributed by atoms with van der Waals surface area (Å²) in [6.45, 7) is 5.99. The van der Waals surface area contributed by atoms with Crippen molar-refractivity contribution in [2.24, 2.45) is 5.92 Å². The van der Waals surface area contributed by atoms with E-state index in [1.165, 1.54) is 6.92 Å². The molecular formula is C29H31N5O3S. The lowest BCUT2D eigenvalue weighted by atomic mass is 9.97. The lowest BCUT2D eigenvalue weighted by molar-refractivity contribution is -0.117. The number of benzene rings is 3. The van der Waals surface area contributed by atoms with Gasteiger partial charge in [0.2, 0.25) is 15.9 Å². The first-order valence-electron chi connectivity index (χ1n) is 12.5. The van der Waals surface area contributed by atoms with Crippen LogP contribution in [0.2, 0.25) is 0 Å². The van der Waals surface area contributed by atoms with E-state index < -0.39 is 16.1 Å². The molecule has 1 heterocycles. The van der Waals surface area contributed by atoms with Gasteiger partial charge in [0.25, 0.3) is 0 Å². The summed E-state index contributed by atoms with van der Waals surface area (Å²) in [5.41, 5.74) is 1.52. The molecule has 38 heavy (non-hydrogen) atoms. The van der Waals surface area contributed by atoms with E-state index in [1.807, 2.05) is 54.8 Å². The largest absolute Gasteiger partial charge is 0.313 e. The molecule has 0 radical (unpaired) electrons. The summed E-state index contributed by atoms with van der Waals surface area (Å²) in [6.07, 6.45) is 4.02. The minimum Gasteiger partial charge on any atom is -0.313 e. The fraction of sp³-hybridized carbons (Fsp3) is 0.276. The van der Waals surface area contributed by atoms with Gasteiger partial charge in [-0.3, -0.25) is 9.69 Å². The molecule has 196 valence electrons. The van der Waals surface area contributed by atoms with E-state index in [-0.39, 0.29) is 23.3 Å². The molecule has 0 spiro atoms. The molecule has 0 fully saturated rings. The molecule has 4 aromatic rings. The molecular weight excluding hydrogens is 498 g/mol. The Morgan fingerprint density at radius 2 is 1.82 bits per heavy atom. The summed E-state index contributed by atoms with van der Waals surface area (Å²) in [6, 6.07) is 21.5. The van der Waals surface area contributed by atoms with E-state index in [4.69, 9.17) is 5.26 Å². The van der Waals surface area contributed by atoms with Crippen molar-refractivity contribution in [1.82, 2.24) is 14.3 Å². The van der Waals surface area contributed by atoms with E-state index in [0.717, 1.165) is 22.8 Å². The molecule has 8 nitrogen and oxygen atoms in total. The van der Waals surface area contributed by atoms with Crippen LogP contribution in [0.5, 0.6) is 0 Å². The lowest BCUT2D eigenvalue weighted by Gasteiger charge is -2.35. The molecule has 0 bridgehead atoms. The third kappa shape index (κ3) is 5.93. The summed E-state index contributed by atoms with van der Waals surface area (Å²) < 4.78 is 31.2. The fourth-order valence-corrected chi connectivity index (χ4v) is 5.60. The zero-order valence-electron chi connectivity index (χ0n) is 21.7. The van der Waals surface area contributed by atoms with Crippen LogP contribution in [0.1, 0.15) is 38.3 Å². The number of rotatable bonds is 10. The number of amides is 1. The normalized spacial score (nSPS) is 13.1. The number of nitriles is 1. The highest BCUT2D eigenvalue weighted by atomic mass is 32.2. The van der Waals surface area contributed by atoms with Crippen LogP contribution in [-0.2, 0) is 21.4 Å². The number of hydrogen-bond acceptors (Lipinski definition) is 5. The van der Waals surface area contributed by atoms with Gasteiger partial charge in [0.15, 0.2) is 0 Å². The van der Waals surface area contributed by atoms with Crippen molar-refractivity contribution >= 4 is 32.5 Å². The van der Waals surface area contributed by atoms with Crippen molar-refractivity contribution in [3.63, 3.8) is 0 Å². The van der Waals surface area contributed by atoms with Gasteiger partial charge >= 0.3 is 0 Å². The smallest absolute Gasteiger partial charge is 0.240 e. The van der Waals surface area contributed by atoms with Gasteiger partial charge < -0.3 is 4.57 Å². The van der Waals surface area contributed by atoms with Crippen molar-refractivity contribution in [3.8, 4) is 6.07 Å². The van der Waals surface area contributed by atoms with Crippen LogP contribution in [0.3, 0.4) is 0 Å². The molecule has 0 aliphatic rings. The van der Waals surface area contributed by atoms with E-state index >= 15 is 0 Å². The number of hydrogen-bond donors (Lipinski definition) is 1. The van der Waals surface area contributed by atoms with E-state index in [0.29, 0.717) is 17.9 Å². The molecule has 9 heteroatoms. The van der Waals surface area contributed by atoms with Crippen LogP contribution in [0.25, 0.3) is 10.8 Å². The molecule has 1 N–H and O–H groups in total. The number of nitrogens with zero attached hydrogens (tertiary/aromatic N) is 4. The van der Waals surface area contributed by atoms with Gasteiger partial charge in [-0.2, -0.15) is 5.26 Å². The number of anilines is 1. The van der Waals surface area contributed by atoms with Gasteiger partial charge in [-0.25, -0.2) is 18.1 Å². The van der Waals surface area contributed by atoms with Crippen LogP contribution in [0.15, 0.2) is 84.1 Å². The van der Waals surface area contributed by atoms with Gasteiger partial charge in [0, 0.05) is 13.5 Å². The molecule has 4 rings (SSSR count). The van der Waals surface area contributed by atoms with Gasteiger partial charge in [0.1, 0.15) is 5.82 Å². The van der Waals surface area contributed by atoms with Crippen LogP contribution in [-0.4, -0.2) is 36.5 Å². The van der Waals surface area contributed by atoms with Crippen molar-refractivity contribution < 1.29 is 13.2 Å². The average Bonchev–Trinajstić information content (AvgIpc) is 3.37. The predicted octanol–water partition coefficient (Wildman–Crippen LogP) is 4.70. The molecule has 1 aromatic heterocycles. The second-order valence-corrected chi connectivity index (χ2v) is 11.2. The van der Waals surface area contributed by atoms with E-state index in [1.54, 1.807) is 47.8 Å². The van der Waals surface area contributed by atoms with Gasteiger partial charge in [-0.15, -0.1) is 0 Å². The molecule has 1 amide bonds. The number of sulfonamides is 1. The molecule has 2 atom stereocenters. The zero-order valence-corrected chi connectivity index (χ0v) is 22.5. The van der Waals surface area contributed by atoms with Crippen molar-refractivity contribution in [3.05, 3.63) is 90.4 Å². The Hall–Kier alpha value is -4.00. The second-order valence-electron chi connectivity index (χ2n) is 9.39. The van der Waals surface area contributed by atoms with Gasteiger partial charge in [-0.05, 0) is 46.5 Å². The van der Waals surface area contributed by atoms with Crippen LogP contribution >= 0.6 is 0 Å². The van der Waals surface area contributed by atoms with Crippen LogP contribution < -0.4 is 9.62 Å². The first-order valence-corrected chi connectivity index (χ1v) is 14.0. The maximum Gasteiger partial charge on any atom is 0.240 e. The minimum absolute atomic E-state index is 0.00327. The topological polar surface area (TPSA) is 108 Å². The summed E-state index contributed by atoms with van der Waals surface area (Å²) in [5, 5.41) is 10.9. The Kier molecular flexibility index (Phi) is 8.25. The van der Waals surface area contributed by atoms with Gasteiger partial charge in [-0.1, -0.05) is 62.7 Å². The highest BCUT2D eigenvalue weighted by Gasteiger charge is 2.31. The third-order valence-corrected chi connectivity index (χ3v) is 8.28. The Labute approximate surface area is 223 Å². The highest BCUT2D eigenvalue weighted by Crippen LogP contribution is 2.25. The fourth-order valence-electron chi connectivity index (χ4n) is 4.51. The number of fused-ring (bicyclic) bond motifs is 1. The standard InChI is InChI=1S/C29H31N5O3S/c1-4-21(2)28(17-32-38(36,37)27-14-13-25-7-5-6-8-26(25)15-27)34(22(3)35)29-18-31-20-33(29)19-24-11-9-23(16-30)10-12-24/h5-15,18,20-21,28,32H,4,17,19H2,1-3H3. The monoisotopic (exact) mass is 529 g/mol. The van der Waals surface area contributed by atoms with Crippen LogP contribution in [0.4, 0.5) is 5.82 Å². The van der Waals surface area contributed by atoms with Crippen molar-refractivity contribution in [1.29, 1.82) is 5.26 Å². The Morgan fingerprint density at radius 3 is 2.47 bits per heavy atom. The Balaban J connectivity index is 1.61.